The Hall–Kier alpha value is -3.06. The highest BCUT2D eigenvalue weighted by atomic mass is 15.0. The number of hydrogen-bond donors (Lipinski definition) is 1. The molecule has 0 bridgehead atoms. The van der Waals surface area contributed by atoms with E-state index in [4.69, 9.17) is 0 Å². The van der Waals surface area contributed by atoms with E-state index in [0.717, 1.165) is 6.42 Å². The molecule has 3 aromatic carbocycles. The molecule has 1 unspecified atom stereocenters. The zero-order valence-corrected chi connectivity index (χ0v) is 16.4. The second-order valence-electron chi connectivity index (χ2n) is 8.38. The molecular weight excluding hydrogens is 338 g/mol. The van der Waals surface area contributed by atoms with Gasteiger partial charge in [-0.2, -0.15) is 0 Å². The highest BCUT2D eigenvalue weighted by molar-refractivity contribution is 5.82. The van der Waals surface area contributed by atoms with Crippen molar-refractivity contribution in [3.63, 3.8) is 0 Å². The highest BCUT2D eigenvalue weighted by Crippen LogP contribution is 2.49. The topological polar surface area (TPSA) is 12.0 Å². The van der Waals surface area contributed by atoms with Crippen molar-refractivity contribution in [1.29, 1.82) is 0 Å². The Morgan fingerprint density at radius 2 is 1.50 bits per heavy atom. The SMILES string of the molecule is CC1(C)c2ccccc2-c2ccc(NC3(c4ccccc4)C=CC=CC3)cc21. The van der Waals surface area contributed by atoms with E-state index in [2.05, 4.69) is 116 Å². The molecule has 3 aromatic rings. The van der Waals surface area contributed by atoms with E-state index in [9.17, 15) is 0 Å². The molecular formula is C27H25N. The monoisotopic (exact) mass is 363 g/mol. The van der Waals surface area contributed by atoms with Crippen LogP contribution in [0.5, 0.6) is 0 Å². The van der Waals surface area contributed by atoms with Gasteiger partial charge in [0.1, 0.15) is 0 Å². The van der Waals surface area contributed by atoms with Crippen LogP contribution in [0.2, 0.25) is 0 Å². The summed E-state index contributed by atoms with van der Waals surface area (Å²) < 4.78 is 0. The summed E-state index contributed by atoms with van der Waals surface area (Å²) in [6, 6.07) is 26.4. The lowest BCUT2D eigenvalue weighted by Gasteiger charge is -2.35. The van der Waals surface area contributed by atoms with Crippen molar-refractivity contribution in [2.75, 3.05) is 5.32 Å². The molecule has 0 amide bonds. The average Bonchev–Trinajstić information content (AvgIpc) is 2.97. The zero-order chi connectivity index (χ0) is 19.2. The molecule has 0 saturated heterocycles. The first-order chi connectivity index (χ1) is 13.6. The van der Waals surface area contributed by atoms with Gasteiger partial charge in [-0.15, -0.1) is 0 Å². The molecule has 0 aromatic heterocycles. The second kappa shape index (κ2) is 6.24. The third kappa shape index (κ3) is 2.54. The molecule has 0 saturated carbocycles. The van der Waals surface area contributed by atoms with Gasteiger partial charge in [0.15, 0.2) is 0 Å². The summed E-state index contributed by atoms with van der Waals surface area (Å²) in [5.41, 5.74) is 7.82. The lowest BCUT2D eigenvalue weighted by atomic mass is 9.81. The molecule has 0 radical (unpaired) electrons. The maximum absolute atomic E-state index is 3.87. The summed E-state index contributed by atoms with van der Waals surface area (Å²) in [7, 11) is 0. The largest absolute Gasteiger partial charge is 0.372 e. The number of hydrogen-bond acceptors (Lipinski definition) is 1. The molecule has 5 rings (SSSR count). The number of anilines is 1. The minimum absolute atomic E-state index is 0.0197. The maximum Gasteiger partial charge on any atom is 0.0847 e. The zero-order valence-electron chi connectivity index (χ0n) is 16.4. The van der Waals surface area contributed by atoms with Gasteiger partial charge < -0.3 is 5.32 Å². The third-order valence-electron chi connectivity index (χ3n) is 6.31. The van der Waals surface area contributed by atoms with E-state index in [1.807, 2.05) is 0 Å². The van der Waals surface area contributed by atoms with E-state index >= 15 is 0 Å². The Morgan fingerprint density at radius 1 is 0.750 bits per heavy atom. The van der Waals surface area contributed by atoms with Gasteiger partial charge in [-0.1, -0.05) is 98.8 Å². The van der Waals surface area contributed by atoms with E-state index < -0.39 is 0 Å². The van der Waals surface area contributed by atoms with Crippen molar-refractivity contribution in [3.05, 3.63) is 114 Å². The Labute approximate surface area is 167 Å². The van der Waals surface area contributed by atoms with Crippen molar-refractivity contribution in [2.24, 2.45) is 0 Å². The predicted octanol–water partition coefficient (Wildman–Crippen LogP) is 6.82. The van der Waals surface area contributed by atoms with Gasteiger partial charge in [-0.3, -0.25) is 0 Å². The van der Waals surface area contributed by atoms with E-state index in [1.165, 1.54) is 33.5 Å². The predicted molar refractivity (Wildman–Crippen MR) is 119 cm³/mol. The molecule has 0 aliphatic heterocycles. The molecule has 0 spiro atoms. The fourth-order valence-corrected chi connectivity index (χ4v) is 4.77. The maximum atomic E-state index is 3.87. The number of nitrogens with one attached hydrogen (secondary N) is 1. The first kappa shape index (κ1) is 17.1. The van der Waals surface area contributed by atoms with Gasteiger partial charge in [0.25, 0.3) is 0 Å². The Balaban J connectivity index is 1.58. The Morgan fingerprint density at radius 3 is 2.29 bits per heavy atom. The molecule has 1 nitrogen and oxygen atoms in total. The minimum Gasteiger partial charge on any atom is -0.372 e. The van der Waals surface area contributed by atoms with Gasteiger partial charge in [0.2, 0.25) is 0 Å². The average molecular weight is 364 g/mol. The van der Waals surface area contributed by atoms with E-state index in [-0.39, 0.29) is 11.0 Å². The van der Waals surface area contributed by atoms with Crippen LogP contribution < -0.4 is 5.32 Å². The first-order valence-corrected chi connectivity index (χ1v) is 10.0. The minimum atomic E-state index is -0.208. The number of rotatable bonds is 3. The van der Waals surface area contributed by atoms with Gasteiger partial charge in [-0.05, 0) is 46.4 Å². The molecule has 1 atom stereocenters. The van der Waals surface area contributed by atoms with Gasteiger partial charge in [-0.25, -0.2) is 0 Å². The summed E-state index contributed by atoms with van der Waals surface area (Å²) in [4.78, 5) is 0. The lowest BCUT2D eigenvalue weighted by Crippen LogP contribution is -2.33. The fourth-order valence-electron chi connectivity index (χ4n) is 4.77. The van der Waals surface area contributed by atoms with Crippen LogP contribution in [0.4, 0.5) is 5.69 Å². The van der Waals surface area contributed by atoms with Crippen LogP contribution in [-0.2, 0) is 11.0 Å². The molecule has 0 fully saturated rings. The molecule has 0 heterocycles. The van der Waals surface area contributed by atoms with Gasteiger partial charge >= 0.3 is 0 Å². The smallest absolute Gasteiger partial charge is 0.0847 e. The molecule has 28 heavy (non-hydrogen) atoms. The quantitative estimate of drug-likeness (QED) is 0.538. The highest BCUT2D eigenvalue weighted by Gasteiger charge is 2.36. The van der Waals surface area contributed by atoms with Gasteiger partial charge in [0.05, 0.1) is 5.54 Å². The lowest BCUT2D eigenvalue weighted by molar-refractivity contribution is 0.616. The van der Waals surface area contributed by atoms with Crippen LogP contribution in [0.3, 0.4) is 0 Å². The van der Waals surface area contributed by atoms with Gasteiger partial charge in [0, 0.05) is 11.1 Å². The van der Waals surface area contributed by atoms with Crippen molar-refractivity contribution >= 4 is 5.69 Å². The van der Waals surface area contributed by atoms with Crippen molar-refractivity contribution in [2.45, 2.75) is 31.2 Å². The van der Waals surface area contributed by atoms with Crippen molar-refractivity contribution < 1.29 is 0 Å². The summed E-state index contributed by atoms with van der Waals surface area (Å²) in [6.45, 7) is 4.66. The Kier molecular flexibility index (Phi) is 3.80. The summed E-state index contributed by atoms with van der Waals surface area (Å²) in [5, 5.41) is 3.87. The summed E-state index contributed by atoms with van der Waals surface area (Å²) in [6.07, 6.45) is 9.75. The van der Waals surface area contributed by atoms with E-state index in [1.54, 1.807) is 0 Å². The number of allylic oxidation sites excluding steroid dienone is 2. The molecule has 1 heteroatoms. The molecule has 1 N–H and O–H groups in total. The van der Waals surface area contributed by atoms with Crippen LogP contribution in [0, 0.1) is 0 Å². The fraction of sp³-hybridized carbons (Fsp3) is 0.185. The normalized spacial score (nSPS) is 21.2. The van der Waals surface area contributed by atoms with Crippen LogP contribution in [0.25, 0.3) is 11.1 Å². The third-order valence-corrected chi connectivity index (χ3v) is 6.31. The summed E-state index contributed by atoms with van der Waals surface area (Å²) in [5.74, 6) is 0. The standard InChI is InChI=1S/C27H25N/c1-26(2)24-14-8-7-13-22(24)23-16-15-21(19-25(23)26)28-27(17-9-4-10-18-27)20-11-5-3-6-12-20/h3-17,19,28H,18H2,1-2H3. The number of fused-ring (bicyclic) bond motifs is 3. The van der Waals surface area contributed by atoms with Crippen LogP contribution in [0.1, 0.15) is 37.0 Å². The molecule has 2 aliphatic carbocycles. The first-order valence-electron chi connectivity index (χ1n) is 10.0. The van der Waals surface area contributed by atoms with Crippen LogP contribution in [0.15, 0.2) is 97.1 Å². The van der Waals surface area contributed by atoms with Crippen LogP contribution in [-0.4, -0.2) is 0 Å². The van der Waals surface area contributed by atoms with Crippen molar-refractivity contribution in [1.82, 2.24) is 0 Å². The second-order valence-corrected chi connectivity index (χ2v) is 8.38. The van der Waals surface area contributed by atoms with E-state index in [0.29, 0.717) is 0 Å². The summed E-state index contributed by atoms with van der Waals surface area (Å²) >= 11 is 0. The van der Waals surface area contributed by atoms with Crippen molar-refractivity contribution in [3.8, 4) is 11.1 Å². The Bertz CT molecular complexity index is 1090. The molecule has 138 valence electrons. The number of benzene rings is 3. The van der Waals surface area contributed by atoms with Crippen LogP contribution >= 0.6 is 0 Å². The molecule has 2 aliphatic rings.